The molecule has 2 aromatic carbocycles. The number of ether oxygens (including phenoxy) is 2. The fourth-order valence-corrected chi connectivity index (χ4v) is 4.17. The third kappa shape index (κ3) is 3.58. The van der Waals surface area contributed by atoms with Crippen LogP contribution in [0.25, 0.3) is 33.0 Å². The minimum atomic E-state index is -3.43. The monoisotopic (exact) mass is 473 g/mol. The van der Waals surface area contributed by atoms with Gasteiger partial charge in [-0.3, -0.25) is 0 Å². The average Bonchev–Trinajstić information content (AvgIpc) is 2.79. The van der Waals surface area contributed by atoms with Crippen LogP contribution < -0.4 is 15.3 Å². The number of nitrogens with zero attached hydrogens (tertiary/aromatic N) is 3. The second-order valence-corrected chi connectivity index (χ2v) is 7.84. The molecule has 0 atom stereocenters. The van der Waals surface area contributed by atoms with Gasteiger partial charge in [0.05, 0.1) is 19.2 Å². The molecule has 11 heteroatoms. The molecular weight excluding hydrogens is 455 g/mol. The van der Waals surface area contributed by atoms with Crippen LogP contribution in [0.1, 0.15) is 5.56 Å². The highest BCUT2D eigenvalue weighted by atomic mass is 19.3. The van der Waals surface area contributed by atoms with Crippen LogP contribution in [0.3, 0.4) is 0 Å². The van der Waals surface area contributed by atoms with Crippen molar-refractivity contribution in [1.82, 2.24) is 9.97 Å². The number of halogens is 3. The molecule has 1 saturated heterocycles. The van der Waals surface area contributed by atoms with E-state index in [1.165, 1.54) is 36.3 Å². The van der Waals surface area contributed by atoms with Crippen molar-refractivity contribution in [2.75, 3.05) is 31.7 Å². The topological polar surface area (TPSA) is 97.9 Å². The number of aryl methyl sites for hydroxylation is 1. The molecule has 0 aliphatic carbocycles. The Morgan fingerprint density at radius 1 is 1.21 bits per heavy atom. The highest BCUT2D eigenvalue weighted by Crippen LogP contribution is 2.38. The van der Waals surface area contributed by atoms with Gasteiger partial charge in [0.1, 0.15) is 29.3 Å². The first kappa shape index (κ1) is 22.0. The maximum atomic E-state index is 14.8. The van der Waals surface area contributed by atoms with Crippen molar-refractivity contribution in [3.05, 3.63) is 52.1 Å². The van der Waals surface area contributed by atoms with Crippen molar-refractivity contribution in [3.8, 4) is 23.1 Å². The van der Waals surface area contributed by atoms with E-state index in [0.29, 0.717) is 10.9 Å². The first-order valence-corrected chi connectivity index (χ1v) is 10.3. The lowest BCUT2D eigenvalue weighted by Gasteiger charge is -2.33. The highest BCUT2D eigenvalue weighted by Gasteiger charge is 2.38. The van der Waals surface area contributed by atoms with Crippen molar-refractivity contribution < 1.29 is 32.2 Å². The normalized spacial score (nSPS) is 15.7. The lowest BCUT2D eigenvalue weighted by molar-refractivity contribution is -0.240. The molecule has 1 aliphatic rings. The summed E-state index contributed by atoms with van der Waals surface area (Å²) in [5.74, 6) is -0.847. The van der Waals surface area contributed by atoms with Gasteiger partial charge in [0.25, 0.3) is 0 Å². The van der Waals surface area contributed by atoms with Crippen LogP contribution in [0.4, 0.5) is 19.0 Å². The molecule has 3 heterocycles. The molecule has 176 valence electrons. The van der Waals surface area contributed by atoms with Crippen LogP contribution in [-0.4, -0.2) is 48.0 Å². The number of phenols is 1. The minimum Gasteiger partial charge on any atom is -0.508 e. The lowest BCUT2D eigenvalue weighted by Crippen LogP contribution is -2.47. The Bertz CT molecular complexity index is 1510. The smallest absolute Gasteiger partial charge is 0.373 e. The number of benzene rings is 2. The Hall–Kier alpha value is -3.86. The third-order valence-electron chi connectivity index (χ3n) is 5.65. The van der Waals surface area contributed by atoms with Crippen LogP contribution >= 0.6 is 0 Å². The number of anilines is 1. The zero-order chi connectivity index (χ0) is 24.2. The highest BCUT2D eigenvalue weighted by molar-refractivity contribution is 6.00. The van der Waals surface area contributed by atoms with Gasteiger partial charge in [-0.15, -0.1) is 0 Å². The molecule has 1 fully saturated rings. The number of fused-ring (bicyclic) bond motifs is 2. The number of hydrogen-bond acceptors (Lipinski definition) is 8. The summed E-state index contributed by atoms with van der Waals surface area (Å²) >= 11 is 0. The van der Waals surface area contributed by atoms with Gasteiger partial charge in [0.15, 0.2) is 5.82 Å². The van der Waals surface area contributed by atoms with Crippen molar-refractivity contribution >= 4 is 27.5 Å². The molecule has 1 aliphatic heterocycles. The largest absolute Gasteiger partial charge is 0.508 e. The van der Waals surface area contributed by atoms with E-state index in [0.717, 1.165) is 0 Å². The first-order chi connectivity index (χ1) is 16.2. The molecule has 0 spiro atoms. The molecule has 34 heavy (non-hydrogen) atoms. The van der Waals surface area contributed by atoms with Crippen LogP contribution in [-0.2, 0) is 4.74 Å². The van der Waals surface area contributed by atoms with E-state index in [4.69, 9.17) is 9.15 Å². The second kappa shape index (κ2) is 7.87. The maximum Gasteiger partial charge on any atom is 0.373 e. The number of phenolic OH excluding ortho intramolecular Hbond substituents is 1. The van der Waals surface area contributed by atoms with E-state index in [1.54, 1.807) is 13.0 Å². The molecule has 0 saturated carbocycles. The second-order valence-electron chi connectivity index (χ2n) is 7.84. The van der Waals surface area contributed by atoms with Gasteiger partial charge >= 0.3 is 17.7 Å². The fourth-order valence-electron chi connectivity index (χ4n) is 4.17. The molecule has 0 radical (unpaired) electrons. The molecule has 1 N–H and O–H groups in total. The van der Waals surface area contributed by atoms with Gasteiger partial charge in [-0.25, -0.2) is 9.18 Å². The zero-order valence-electron chi connectivity index (χ0n) is 18.1. The van der Waals surface area contributed by atoms with Crippen molar-refractivity contribution in [1.29, 1.82) is 0 Å². The Kier molecular flexibility index (Phi) is 5.08. The van der Waals surface area contributed by atoms with E-state index in [1.807, 2.05) is 0 Å². The van der Waals surface area contributed by atoms with Crippen LogP contribution in [0.15, 0.2) is 39.5 Å². The molecule has 2 aromatic heterocycles. The Labute approximate surface area is 190 Å². The van der Waals surface area contributed by atoms with Gasteiger partial charge in [-0.05, 0) is 30.5 Å². The van der Waals surface area contributed by atoms with E-state index in [-0.39, 0.29) is 58.3 Å². The Morgan fingerprint density at radius 3 is 2.74 bits per heavy atom. The number of methoxy groups -OCH3 is 1. The number of rotatable bonds is 3. The summed E-state index contributed by atoms with van der Waals surface area (Å²) in [6.07, 6.45) is -3.43. The fraction of sp³-hybridized carbons (Fsp3) is 0.261. The number of aromatic hydroxyl groups is 1. The van der Waals surface area contributed by atoms with Gasteiger partial charge < -0.3 is 23.9 Å². The molecule has 5 rings (SSSR count). The molecule has 8 nitrogen and oxygen atoms in total. The predicted molar refractivity (Wildman–Crippen MR) is 117 cm³/mol. The van der Waals surface area contributed by atoms with Gasteiger partial charge in [-0.2, -0.15) is 18.7 Å². The van der Waals surface area contributed by atoms with Crippen molar-refractivity contribution in [3.63, 3.8) is 0 Å². The van der Waals surface area contributed by atoms with Crippen molar-refractivity contribution in [2.45, 2.75) is 13.0 Å². The summed E-state index contributed by atoms with van der Waals surface area (Å²) in [5, 5.41) is 10.6. The van der Waals surface area contributed by atoms with E-state index < -0.39 is 24.1 Å². The SMILES string of the molecule is COc1nc(N2CCOC(F)(F)C2)c2c(=O)oc(-c3cc(O)cc4cccc(F)c34)c(C)c2n1. The van der Waals surface area contributed by atoms with Crippen LogP contribution in [0, 0.1) is 12.7 Å². The first-order valence-electron chi connectivity index (χ1n) is 10.3. The number of hydrogen-bond donors (Lipinski definition) is 1. The van der Waals surface area contributed by atoms with E-state index >= 15 is 0 Å². The number of aromatic nitrogens is 2. The van der Waals surface area contributed by atoms with E-state index in [2.05, 4.69) is 14.7 Å². The van der Waals surface area contributed by atoms with Gasteiger partial charge in [-0.1, -0.05) is 12.1 Å². The Balaban J connectivity index is 1.81. The molecular formula is C23H18F3N3O5. The zero-order valence-corrected chi connectivity index (χ0v) is 18.1. The average molecular weight is 473 g/mol. The maximum absolute atomic E-state index is 14.8. The molecule has 0 amide bonds. The van der Waals surface area contributed by atoms with Crippen LogP contribution in [0.2, 0.25) is 0 Å². The summed E-state index contributed by atoms with van der Waals surface area (Å²) in [7, 11) is 1.30. The van der Waals surface area contributed by atoms with Crippen molar-refractivity contribution in [2.24, 2.45) is 0 Å². The third-order valence-corrected chi connectivity index (χ3v) is 5.65. The summed E-state index contributed by atoms with van der Waals surface area (Å²) in [4.78, 5) is 22.8. The summed E-state index contributed by atoms with van der Waals surface area (Å²) < 4.78 is 57.8. The lowest BCUT2D eigenvalue weighted by atomic mass is 9.98. The summed E-state index contributed by atoms with van der Waals surface area (Å²) in [6, 6.07) is 6.87. The summed E-state index contributed by atoms with van der Waals surface area (Å²) in [6.45, 7) is 0.525. The van der Waals surface area contributed by atoms with Gasteiger partial charge in [0, 0.05) is 23.1 Å². The van der Waals surface area contributed by atoms with Gasteiger partial charge in [0.2, 0.25) is 0 Å². The molecule has 0 bridgehead atoms. The number of morpholine rings is 1. The summed E-state index contributed by atoms with van der Waals surface area (Å²) in [5.41, 5.74) is -0.361. The Morgan fingerprint density at radius 2 is 2.00 bits per heavy atom. The minimum absolute atomic E-state index is 0.0255. The predicted octanol–water partition coefficient (Wildman–Crippen LogP) is 3.99. The van der Waals surface area contributed by atoms with E-state index in [9.17, 15) is 23.1 Å². The number of alkyl halides is 2. The molecule has 0 unspecified atom stereocenters. The molecule has 4 aromatic rings. The van der Waals surface area contributed by atoms with Crippen LogP contribution in [0.5, 0.6) is 11.8 Å². The quantitative estimate of drug-likeness (QED) is 0.477. The standard InChI is InChI=1S/C23H18F3N3O5/c1-11-18-17(20(28-22(27-18)32-2)29-6-7-33-23(25,26)10-29)21(31)34-19(11)14-9-13(30)8-12-4-3-5-15(24)16(12)14/h3-5,8-9,30H,6-7,10H2,1-2H3.